The van der Waals surface area contributed by atoms with Crippen molar-refractivity contribution in [2.75, 3.05) is 39.3 Å². The Labute approximate surface area is 306 Å². The van der Waals surface area contributed by atoms with Crippen LogP contribution in [0.1, 0.15) is 105 Å². The van der Waals surface area contributed by atoms with E-state index in [-0.39, 0.29) is 17.6 Å². The summed E-state index contributed by atoms with van der Waals surface area (Å²) in [6.45, 7) is 11.7. The van der Waals surface area contributed by atoms with Gasteiger partial charge in [0, 0.05) is 69.6 Å². The Hall–Kier alpha value is -3.60. The number of carbonyl (C=O) groups excluding carboxylic acids is 2. The summed E-state index contributed by atoms with van der Waals surface area (Å²) in [6, 6.07) is 15.1. The molecule has 1 spiro atoms. The number of nitrogens with zero attached hydrogens (tertiary/aromatic N) is 3. The van der Waals surface area contributed by atoms with E-state index in [1.807, 2.05) is 6.07 Å². The van der Waals surface area contributed by atoms with Crippen LogP contribution < -0.4 is 0 Å². The summed E-state index contributed by atoms with van der Waals surface area (Å²) in [5.74, 6) is -1.51. The van der Waals surface area contributed by atoms with E-state index < -0.39 is 12.1 Å². The Balaban J connectivity index is 0.000000679. The zero-order chi connectivity index (χ0) is 37.5. The molecule has 0 bridgehead atoms. The van der Waals surface area contributed by atoms with Crippen molar-refractivity contribution < 1.29 is 37.4 Å². The predicted octanol–water partition coefficient (Wildman–Crippen LogP) is 8.88. The number of alkyl halides is 3. The van der Waals surface area contributed by atoms with E-state index in [4.69, 9.17) is 14.6 Å². The van der Waals surface area contributed by atoms with Crippen LogP contribution >= 0.6 is 0 Å². The molecule has 1 N–H and O–H groups in total. The molecular weight excluding hydrogens is 671 g/mol. The zero-order valence-electron chi connectivity index (χ0n) is 31.1. The van der Waals surface area contributed by atoms with Gasteiger partial charge < -0.3 is 19.6 Å². The van der Waals surface area contributed by atoms with Gasteiger partial charge >= 0.3 is 18.2 Å². The average Bonchev–Trinajstić information content (AvgIpc) is 3.13. The minimum Gasteiger partial charge on any atom is -0.475 e. The number of rotatable bonds is 8. The monoisotopic (exact) mass is 727 g/mol. The number of hydrogen-bond acceptors (Lipinski definition) is 5. The van der Waals surface area contributed by atoms with E-state index in [1.54, 1.807) is 0 Å². The number of carboxylic acid groups (broad SMARTS) is 1. The molecule has 0 aromatic heterocycles. The van der Waals surface area contributed by atoms with E-state index in [1.165, 1.54) is 44.9 Å². The zero-order valence-corrected chi connectivity index (χ0v) is 31.1. The summed E-state index contributed by atoms with van der Waals surface area (Å²) < 4.78 is 38.2. The molecule has 6 rings (SSSR count). The van der Waals surface area contributed by atoms with Crippen LogP contribution in [0.25, 0.3) is 11.1 Å². The number of carboxylic acids is 1. The van der Waals surface area contributed by atoms with E-state index in [0.29, 0.717) is 17.9 Å². The second-order valence-corrected chi connectivity index (χ2v) is 15.3. The van der Waals surface area contributed by atoms with Gasteiger partial charge in [-0.3, -0.25) is 9.69 Å². The molecule has 8 nitrogen and oxygen atoms in total. The SMILES string of the molecule is CCCCC1CN(CC2CCCCC2)C(=O)OC12CCN(C1CCN(C(=O)c3c(C)ccc(-c4ccccc4)c3C)CC1)CC2.O=C(O)C(F)(F)F. The number of carbonyl (C=O) groups is 3. The van der Waals surface area contributed by atoms with Crippen LogP contribution in [0.5, 0.6) is 0 Å². The minimum atomic E-state index is -5.08. The van der Waals surface area contributed by atoms with E-state index >= 15 is 0 Å². The number of halogens is 3. The maximum absolute atomic E-state index is 13.9. The highest BCUT2D eigenvalue weighted by Crippen LogP contribution is 2.42. The van der Waals surface area contributed by atoms with Gasteiger partial charge in [0.1, 0.15) is 5.60 Å². The van der Waals surface area contributed by atoms with Crippen LogP contribution in [0.15, 0.2) is 42.5 Å². The standard InChI is InChI=1S/C39H55N3O3.C2HF3O2/c1-4-5-16-33-28-42(27-31-12-8-6-9-13-31)38(44)45-39(33)21-25-40(26-22-39)34-19-23-41(24-20-34)37(43)36-29(2)17-18-35(30(36)3)32-14-10-7-11-15-32;3-2(4,5)1(6)7/h7,10-11,14-15,17-18,31,33-34H,4-6,8-9,12-13,16,19-28H2,1-3H3;(H,6,7). The summed E-state index contributed by atoms with van der Waals surface area (Å²) in [5.41, 5.74) is 4.98. The van der Waals surface area contributed by atoms with Gasteiger partial charge in [-0.1, -0.05) is 81.5 Å². The number of hydrogen-bond donors (Lipinski definition) is 1. The lowest BCUT2D eigenvalue weighted by Gasteiger charge is -2.52. The predicted molar refractivity (Wildman–Crippen MR) is 195 cm³/mol. The van der Waals surface area contributed by atoms with Crippen molar-refractivity contribution in [3.63, 3.8) is 0 Å². The van der Waals surface area contributed by atoms with Crippen LogP contribution in [0.3, 0.4) is 0 Å². The first kappa shape index (κ1) is 39.6. The van der Waals surface area contributed by atoms with Crippen molar-refractivity contribution in [1.29, 1.82) is 0 Å². The first-order valence-electron chi connectivity index (χ1n) is 19.3. The first-order valence-corrected chi connectivity index (χ1v) is 19.3. The molecule has 3 saturated heterocycles. The van der Waals surface area contributed by atoms with Crippen molar-refractivity contribution in [2.24, 2.45) is 11.8 Å². The van der Waals surface area contributed by atoms with Crippen LogP contribution in [0, 0.1) is 25.7 Å². The third-order valence-electron chi connectivity index (χ3n) is 12.0. The number of amides is 2. The van der Waals surface area contributed by atoms with Gasteiger partial charge in [-0.15, -0.1) is 0 Å². The normalized spacial score (nSPS) is 21.7. The highest BCUT2D eigenvalue weighted by atomic mass is 19.4. The van der Waals surface area contributed by atoms with Gasteiger partial charge in [0.2, 0.25) is 0 Å². The Morgan fingerprint density at radius 3 is 2.15 bits per heavy atom. The molecule has 1 saturated carbocycles. The summed E-state index contributed by atoms with van der Waals surface area (Å²) in [5, 5.41) is 7.12. The quantitative estimate of drug-likeness (QED) is 0.292. The van der Waals surface area contributed by atoms with Gasteiger partial charge in [0.05, 0.1) is 0 Å². The summed E-state index contributed by atoms with van der Waals surface area (Å²) >= 11 is 0. The van der Waals surface area contributed by atoms with Crippen molar-refractivity contribution in [3.05, 3.63) is 59.2 Å². The molecule has 1 unspecified atom stereocenters. The molecule has 11 heteroatoms. The van der Waals surface area contributed by atoms with Crippen molar-refractivity contribution in [2.45, 2.75) is 116 Å². The van der Waals surface area contributed by atoms with Gasteiger partial charge in [0.25, 0.3) is 5.91 Å². The molecule has 2 aromatic rings. The maximum Gasteiger partial charge on any atom is 0.490 e. The van der Waals surface area contributed by atoms with Crippen molar-refractivity contribution in [3.8, 4) is 11.1 Å². The third kappa shape index (κ3) is 9.49. The topological polar surface area (TPSA) is 90.4 Å². The smallest absolute Gasteiger partial charge is 0.475 e. The van der Waals surface area contributed by atoms with Crippen molar-refractivity contribution >= 4 is 18.0 Å². The summed E-state index contributed by atoms with van der Waals surface area (Å²) in [6.07, 6.45) is 8.74. The molecule has 2 amide bonds. The van der Waals surface area contributed by atoms with Gasteiger partial charge in [0.15, 0.2) is 0 Å². The van der Waals surface area contributed by atoms with Crippen LogP contribution in [-0.4, -0.2) is 94.9 Å². The fourth-order valence-corrected chi connectivity index (χ4v) is 8.94. The number of aliphatic carboxylic acids is 1. The molecule has 1 atom stereocenters. The van der Waals surface area contributed by atoms with Crippen LogP contribution in [0.4, 0.5) is 18.0 Å². The largest absolute Gasteiger partial charge is 0.490 e. The molecule has 4 fully saturated rings. The molecule has 2 aromatic carbocycles. The number of ether oxygens (including phenoxy) is 1. The lowest BCUT2D eigenvalue weighted by molar-refractivity contribution is -0.192. The average molecular weight is 728 g/mol. The molecular formula is C41H56F3N3O5. The Kier molecular flexibility index (Phi) is 13.3. The maximum atomic E-state index is 13.9. The van der Waals surface area contributed by atoms with E-state index in [2.05, 4.69) is 71.9 Å². The lowest BCUT2D eigenvalue weighted by atomic mass is 9.75. The molecule has 52 heavy (non-hydrogen) atoms. The molecule has 3 aliphatic heterocycles. The number of benzene rings is 2. The van der Waals surface area contributed by atoms with E-state index in [9.17, 15) is 22.8 Å². The fraction of sp³-hybridized carbons (Fsp3) is 0.634. The van der Waals surface area contributed by atoms with E-state index in [0.717, 1.165) is 99.2 Å². The fourth-order valence-electron chi connectivity index (χ4n) is 8.94. The highest BCUT2D eigenvalue weighted by Gasteiger charge is 2.50. The number of aryl methyl sites for hydroxylation is 1. The minimum absolute atomic E-state index is 0.0597. The summed E-state index contributed by atoms with van der Waals surface area (Å²) in [7, 11) is 0. The second kappa shape index (κ2) is 17.5. The Morgan fingerprint density at radius 1 is 0.923 bits per heavy atom. The molecule has 286 valence electrons. The molecule has 1 aliphatic carbocycles. The number of unbranched alkanes of at least 4 members (excludes halogenated alkanes) is 1. The van der Waals surface area contributed by atoms with Crippen LogP contribution in [-0.2, 0) is 9.53 Å². The number of likely N-dealkylation sites (tertiary alicyclic amines) is 2. The second-order valence-electron chi connectivity index (χ2n) is 15.3. The van der Waals surface area contributed by atoms with Crippen molar-refractivity contribution in [1.82, 2.24) is 14.7 Å². The van der Waals surface area contributed by atoms with Crippen LogP contribution in [0.2, 0.25) is 0 Å². The Bertz CT molecular complexity index is 1510. The molecule has 3 heterocycles. The first-order chi connectivity index (χ1) is 24.8. The van der Waals surface area contributed by atoms with Gasteiger partial charge in [-0.05, 0) is 74.1 Å². The molecule has 0 radical (unpaired) electrons. The highest BCUT2D eigenvalue weighted by molar-refractivity contribution is 5.99. The van der Waals surface area contributed by atoms with Gasteiger partial charge in [-0.25, -0.2) is 9.59 Å². The summed E-state index contributed by atoms with van der Waals surface area (Å²) in [4.78, 5) is 42.9. The number of piperidine rings is 2. The lowest BCUT2D eigenvalue weighted by Crippen LogP contribution is -2.61. The Morgan fingerprint density at radius 2 is 1.56 bits per heavy atom. The molecule has 4 aliphatic rings. The van der Waals surface area contributed by atoms with Gasteiger partial charge in [-0.2, -0.15) is 13.2 Å². The third-order valence-corrected chi connectivity index (χ3v) is 12.0.